The molecule has 0 saturated heterocycles. The first kappa shape index (κ1) is 16.0. The molecule has 2 N–H and O–H groups in total. The third-order valence-electron chi connectivity index (χ3n) is 4.34. The standard InChI is InChI=1S/C17H19N3O4S/c1-22-14-3-4-18-13(17(14)23-2)8-25(21)16-6-10-5-11-12(20-9-19-11)7-15(10)24-16/h3-5,7,16,19-20H,6,8-9H2,1-2H3. The lowest BCUT2D eigenvalue weighted by atomic mass is 10.1. The molecule has 25 heavy (non-hydrogen) atoms. The van der Waals surface area contributed by atoms with Crippen molar-refractivity contribution in [3.05, 3.63) is 35.7 Å². The molecular formula is C17H19N3O4S. The topological polar surface area (TPSA) is 81.7 Å². The van der Waals surface area contributed by atoms with Gasteiger partial charge in [0.2, 0.25) is 0 Å². The van der Waals surface area contributed by atoms with Crippen LogP contribution in [0.25, 0.3) is 0 Å². The lowest BCUT2D eigenvalue weighted by molar-refractivity contribution is 0.315. The molecule has 0 amide bonds. The average Bonchev–Trinajstić information content (AvgIpc) is 3.24. The second kappa shape index (κ2) is 6.44. The van der Waals surface area contributed by atoms with Crippen molar-refractivity contribution < 1.29 is 18.4 Å². The quantitative estimate of drug-likeness (QED) is 0.844. The Morgan fingerprint density at radius 3 is 2.84 bits per heavy atom. The number of fused-ring (bicyclic) bond motifs is 2. The maximum Gasteiger partial charge on any atom is 0.183 e. The normalized spacial score (nSPS) is 18.4. The number of nitrogens with one attached hydrogen (secondary N) is 2. The Labute approximate surface area is 148 Å². The molecular weight excluding hydrogens is 342 g/mol. The minimum Gasteiger partial charge on any atom is -0.493 e. The average molecular weight is 361 g/mol. The largest absolute Gasteiger partial charge is 0.493 e. The van der Waals surface area contributed by atoms with Gasteiger partial charge in [0.25, 0.3) is 0 Å². The minimum absolute atomic E-state index is 0.245. The fourth-order valence-corrected chi connectivity index (χ4v) is 4.35. The molecule has 2 atom stereocenters. The van der Waals surface area contributed by atoms with Gasteiger partial charge in [-0.15, -0.1) is 0 Å². The molecule has 1 aromatic carbocycles. The summed E-state index contributed by atoms with van der Waals surface area (Å²) in [5.74, 6) is 2.13. The van der Waals surface area contributed by atoms with Crippen molar-refractivity contribution in [1.29, 1.82) is 0 Å². The summed E-state index contributed by atoms with van der Waals surface area (Å²) in [4.78, 5) is 4.30. The zero-order valence-electron chi connectivity index (χ0n) is 14.0. The number of methoxy groups -OCH3 is 2. The molecule has 0 spiro atoms. The summed E-state index contributed by atoms with van der Waals surface area (Å²) in [7, 11) is 1.86. The van der Waals surface area contributed by atoms with E-state index in [1.165, 1.54) is 0 Å². The van der Waals surface area contributed by atoms with Crippen LogP contribution in [0.2, 0.25) is 0 Å². The van der Waals surface area contributed by atoms with Crippen LogP contribution < -0.4 is 24.8 Å². The maximum absolute atomic E-state index is 12.8. The van der Waals surface area contributed by atoms with Crippen LogP contribution in [0.1, 0.15) is 11.3 Å². The third-order valence-corrected chi connectivity index (χ3v) is 5.75. The third kappa shape index (κ3) is 2.86. The number of rotatable bonds is 5. The number of pyridine rings is 1. The number of aromatic nitrogens is 1. The zero-order valence-corrected chi connectivity index (χ0v) is 14.8. The van der Waals surface area contributed by atoms with Gasteiger partial charge in [0, 0.05) is 30.3 Å². The highest BCUT2D eigenvalue weighted by atomic mass is 32.2. The Hall–Kier alpha value is -2.48. The first-order valence-electron chi connectivity index (χ1n) is 7.94. The predicted molar refractivity (Wildman–Crippen MR) is 95.9 cm³/mol. The van der Waals surface area contributed by atoms with Crippen LogP contribution in [0.15, 0.2) is 24.4 Å². The number of hydrogen-bond acceptors (Lipinski definition) is 7. The van der Waals surface area contributed by atoms with Crippen LogP contribution in [-0.4, -0.2) is 35.5 Å². The van der Waals surface area contributed by atoms with Crippen molar-refractivity contribution in [2.75, 3.05) is 31.5 Å². The molecule has 2 aliphatic heterocycles. The summed E-state index contributed by atoms with van der Waals surface area (Å²) >= 11 is 0. The van der Waals surface area contributed by atoms with Gasteiger partial charge in [-0.1, -0.05) is 0 Å². The molecule has 0 radical (unpaired) electrons. The molecule has 4 rings (SSSR count). The second-order valence-corrected chi connectivity index (χ2v) is 7.38. The Morgan fingerprint density at radius 2 is 2.08 bits per heavy atom. The summed E-state index contributed by atoms with van der Waals surface area (Å²) in [6, 6.07) is 5.74. The Morgan fingerprint density at radius 1 is 1.28 bits per heavy atom. The summed E-state index contributed by atoms with van der Waals surface area (Å²) in [6.45, 7) is 0.717. The molecule has 0 bridgehead atoms. The molecule has 7 nitrogen and oxygen atoms in total. The maximum atomic E-state index is 12.8. The van der Waals surface area contributed by atoms with Crippen molar-refractivity contribution in [2.24, 2.45) is 0 Å². The van der Waals surface area contributed by atoms with Gasteiger partial charge >= 0.3 is 0 Å². The Kier molecular flexibility index (Phi) is 4.12. The smallest absolute Gasteiger partial charge is 0.183 e. The zero-order chi connectivity index (χ0) is 17.4. The number of nitrogens with zero attached hydrogens (tertiary/aromatic N) is 1. The van der Waals surface area contributed by atoms with E-state index in [9.17, 15) is 4.21 Å². The van der Waals surface area contributed by atoms with E-state index in [0.29, 0.717) is 23.6 Å². The molecule has 2 unspecified atom stereocenters. The minimum atomic E-state index is -1.25. The fourth-order valence-electron chi connectivity index (χ4n) is 3.11. The molecule has 0 saturated carbocycles. The van der Waals surface area contributed by atoms with Crippen LogP contribution in [0, 0.1) is 0 Å². The molecule has 2 aliphatic rings. The Balaban J connectivity index is 1.52. The summed E-state index contributed by atoms with van der Waals surface area (Å²) in [5.41, 5.74) is 3.35. The molecule has 2 aromatic rings. The molecule has 0 fully saturated rings. The van der Waals surface area contributed by atoms with E-state index in [1.807, 2.05) is 6.07 Å². The lowest BCUT2D eigenvalue weighted by Gasteiger charge is -2.14. The van der Waals surface area contributed by atoms with E-state index in [2.05, 4.69) is 21.7 Å². The molecule has 0 aliphatic carbocycles. The van der Waals surface area contributed by atoms with Crippen molar-refractivity contribution >= 4 is 22.2 Å². The number of ether oxygens (including phenoxy) is 3. The van der Waals surface area contributed by atoms with Gasteiger partial charge < -0.3 is 24.8 Å². The van der Waals surface area contributed by atoms with Crippen LogP contribution in [0.3, 0.4) is 0 Å². The van der Waals surface area contributed by atoms with E-state index in [0.717, 1.165) is 29.4 Å². The van der Waals surface area contributed by atoms with Gasteiger partial charge in [0.1, 0.15) is 5.75 Å². The number of hydrogen-bond donors (Lipinski definition) is 2. The summed E-state index contributed by atoms with van der Waals surface area (Å²) < 4.78 is 29.4. The van der Waals surface area contributed by atoms with Crippen LogP contribution in [0.5, 0.6) is 17.2 Å². The SMILES string of the molecule is COc1ccnc(CS(=O)C2Cc3cc4c(cc3O2)NCN4)c1OC. The van der Waals surface area contributed by atoms with E-state index < -0.39 is 16.2 Å². The molecule has 3 heterocycles. The van der Waals surface area contributed by atoms with E-state index in [-0.39, 0.29) is 5.75 Å². The summed E-state index contributed by atoms with van der Waals surface area (Å²) in [5, 5.41) is 6.49. The van der Waals surface area contributed by atoms with Gasteiger partial charge in [-0.25, -0.2) is 0 Å². The highest BCUT2D eigenvalue weighted by Crippen LogP contribution is 2.39. The van der Waals surface area contributed by atoms with Crippen LogP contribution >= 0.6 is 0 Å². The van der Waals surface area contributed by atoms with Crippen molar-refractivity contribution in [2.45, 2.75) is 17.6 Å². The lowest BCUT2D eigenvalue weighted by Crippen LogP contribution is -2.21. The molecule has 8 heteroatoms. The second-order valence-electron chi connectivity index (χ2n) is 5.81. The van der Waals surface area contributed by atoms with Gasteiger partial charge in [-0.05, 0) is 6.07 Å². The van der Waals surface area contributed by atoms with Gasteiger partial charge in [-0.2, -0.15) is 0 Å². The highest BCUT2D eigenvalue weighted by molar-refractivity contribution is 7.84. The van der Waals surface area contributed by atoms with Gasteiger partial charge in [0.15, 0.2) is 16.9 Å². The van der Waals surface area contributed by atoms with E-state index >= 15 is 0 Å². The molecule has 132 valence electrons. The van der Waals surface area contributed by atoms with Gasteiger partial charge in [-0.3, -0.25) is 9.19 Å². The monoisotopic (exact) mass is 361 g/mol. The Bertz CT molecular complexity index is 810. The molecule has 1 aromatic heterocycles. The van der Waals surface area contributed by atoms with Gasteiger partial charge in [0.05, 0.1) is 54.5 Å². The van der Waals surface area contributed by atoms with Crippen LogP contribution in [0.4, 0.5) is 11.4 Å². The predicted octanol–water partition coefficient (Wildman–Crippen LogP) is 2.10. The number of benzene rings is 1. The van der Waals surface area contributed by atoms with Crippen molar-refractivity contribution in [1.82, 2.24) is 4.98 Å². The van der Waals surface area contributed by atoms with E-state index in [4.69, 9.17) is 14.2 Å². The van der Waals surface area contributed by atoms with Crippen molar-refractivity contribution in [3.8, 4) is 17.2 Å². The van der Waals surface area contributed by atoms with E-state index in [1.54, 1.807) is 26.5 Å². The first-order chi connectivity index (χ1) is 12.2. The summed E-state index contributed by atoms with van der Waals surface area (Å²) in [6.07, 6.45) is 2.24. The van der Waals surface area contributed by atoms with Crippen LogP contribution in [-0.2, 0) is 23.0 Å². The fraction of sp³-hybridized carbons (Fsp3) is 0.353. The first-order valence-corrected chi connectivity index (χ1v) is 9.32. The highest BCUT2D eigenvalue weighted by Gasteiger charge is 2.31. The number of anilines is 2. The van der Waals surface area contributed by atoms with Crippen molar-refractivity contribution in [3.63, 3.8) is 0 Å².